The number of thioether (sulfide) groups is 1. The van der Waals surface area contributed by atoms with Crippen LogP contribution in [0.15, 0.2) is 102 Å². The molecule has 228 valence electrons. The van der Waals surface area contributed by atoms with Crippen molar-refractivity contribution in [1.82, 2.24) is 0 Å². The number of amides is 2. The van der Waals surface area contributed by atoms with E-state index in [-0.39, 0.29) is 24.4 Å². The lowest BCUT2D eigenvalue weighted by atomic mass is 10.1. The number of ether oxygens (including phenoxy) is 1. The zero-order valence-electron chi connectivity index (χ0n) is 25.0. The second-order valence-electron chi connectivity index (χ2n) is 10.9. The molecule has 1 aromatic heterocycles. The van der Waals surface area contributed by atoms with Crippen molar-refractivity contribution < 1.29 is 19.1 Å². The molecule has 1 unspecified atom stereocenters. The van der Waals surface area contributed by atoms with E-state index >= 15 is 0 Å². The summed E-state index contributed by atoms with van der Waals surface area (Å²) in [5.41, 5.74) is 3.56. The number of hydrogen-bond acceptors (Lipinski definition) is 6. The van der Waals surface area contributed by atoms with E-state index in [1.54, 1.807) is 6.92 Å². The molecular weight excluding hydrogens is 601 g/mol. The SMILES string of the molecule is CCOC(=O)c1c(NC(=O)C(Sc2cccc(NC(=O)c3ccc4ccccc4c3)c2)c2ccccc2)sc2c1CCCCC2. The maximum Gasteiger partial charge on any atom is 0.341 e. The molecule has 0 saturated heterocycles. The second-order valence-corrected chi connectivity index (χ2v) is 13.2. The van der Waals surface area contributed by atoms with Gasteiger partial charge in [-0.3, -0.25) is 9.59 Å². The van der Waals surface area contributed by atoms with Crippen LogP contribution in [0.1, 0.15) is 68.2 Å². The number of thiophene rings is 1. The molecule has 2 amide bonds. The van der Waals surface area contributed by atoms with Gasteiger partial charge in [-0.1, -0.05) is 73.2 Å². The number of fused-ring (bicyclic) bond motifs is 2. The van der Waals surface area contributed by atoms with Gasteiger partial charge >= 0.3 is 5.97 Å². The molecule has 1 heterocycles. The number of benzene rings is 4. The molecule has 6 nitrogen and oxygen atoms in total. The van der Waals surface area contributed by atoms with Gasteiger partial charge in [0.05, 0.1) is 12.2 Å². The third-order valence-electron chi connectivity index (χ3n) is 7.84. The largest absolute Gasteiger partial charge is 0.462 e. The summed E-state index contributed by atoms with van der Waals surface area (Å²) in [6.07, 6.45) is 4.92. The van der Waals surface area contributed by atoms with Crippen LogP contribution in [0.5, 0.6) is 0 Å². The van der Waals surface area contributed by atoms with E-state index in [1.165, 1.54) is 23.1 Å². The van der Waals surface area contributed by atoms with Gasteiger partial charge in [0.25, 0.3) is 5.91 Å². The molecule has 0 spiro atoms. The molecule has 45 heavy (non-hydrogen) atoms. The Bertz CT molecular complexity index is 1850. The van der Waals surface area contributed by atoms with Crippen molar-refractivity contribution in [3.05, 3.63) is 124 Å². The third-order valence-corrected chi connectivity index (χ3v) is 10.3. The summed E-state index contributed by atoms with van der Waals surface area (Å²) in [5, 5.41) is 8.16. The van der Waals surface area contributed by atoms with Crippen molar-refractivity contribution in [1.29, 1.82) is 0 Å². The summed E-state index contributed by atoms with van der Waals surface area (Å²) in [4.78, 5) is 42.3. The first-order valence-corrected chi connectivity index (χ1v) is 16.9. The van der Waals surface area contributed by atoms with Gasteiger partial charge in [0.2, 0.25) is 5.91 Å². The van der Waals surface area contributed by atoms with Crippen LogP contribution in [0.3, 0.4) is 0 Å². The van der Waals surface area contributed by atoms with E-state index in [4.69, 9.17) is 4.74 Å². The summed E-state index contributed by atoms with van der Waals surface area (Å²) in [6.45, 7) is 2.06. The smallest absolute Gasteiger partial charge is 0.341 e. The van der Waals surface area contributed by atoms with Gasteiger partial charge < -0.3 is 15.4 Å². The Morgan fingerprint density at radius 2 is 1.60 bits per heavy atom. The number of rotatable bonds is 9. The Kier molecular flexibility index (Phi) is 9.62. The number of esters is 1. The van der Waals surface area contributed by atoms with Crippen molar-refractivity contribution in [2.75, 3.05) is 17.2 Å². The van der Waals surface area contributed by atoms with Crippen LogP contribution in [-0.2, 0) is 22.4 Å². The van der Waals surface area contributed by atoms with Crippen molar-refractivity contribution in [3.63, 3.8) is 0 Å². The predicted molar refractivity (Wildman–Crippen MR) is 184 cm³/mol. The molecule has 5 aromatic rings. The molecule has 0 fully saturated rings. The molecule has 0 radical (unpaired) electrons. The summed E-state index contributed by atoms with van der Waals surface area (Å²) in [5.74, 6) is -0.811. The Morgan fingerprint density at radius 3 is 2.42 bits per heavy atom. The quantitative estimate of drug-likeness (QED) is 0.0960. The van der Waals surface area contributed by atoms with Gasteiger partial charge in [-0.25, -0.2) is 4.79 Å². The van der Waals surface area contributed by atoms with Gasteiger partial charge in [-0.2, -0.15) is 0 Å². The average Bonchev–Trinajstić information content (AvgIpc) is 3.23. The van der Waals surface area contributed by atoms with E-state index in [2.05, 4.69) is 10.6 Å². The summed E-state index contributed by atoms with van der Waals surface area (Å²) < 4.78 is 5.43. The first-order valence-electron chi connectivity index (χ1n) is 15.2. The van der Waals surface area contributed by atoms with Crippen LogP contribution in [0, 0.1) is 0 Å². The maximum atomic E-state index is 14.0. The zero-order chi connectivity index (χ0) is 31.2. The molecule has 0 saturated carbocycles. The minimum absolute atomic E-state index is 0.204. The van der Waals surface area contributed by atoms with Crippen molar-refractivity contribution in [2.24, 2.45) is 0 Å². The van der Waals surface area contributed by atoms with Crippen molar-refractivity contribution in [3.8, 4) is 0 Å². The van der Waals surface area contributed by atoms with Crippen LogP contribution in [0.25, 0.3) is 10.8 Å². The number of anilines is 2. The first kappa shape index (κ1) is 30.6. The van der Waals surface area contributed by atoms with Crippen molar-refractivity contribution >= 4 is 62.3 Å². The first-order chi connectivity index (χ1) is 22.0. The second kappa shape index (κ2) is 14.1. The number of carbonyl (C=O) groups is 3. The fraction of sp³-hybridized carbons (Fsp3) is 0.216. The standard InChI is InChI=1S/C37H34N2O4S2/c1-2-43-37(42)32-30-18-7-4-8-19-31(30)45-36(32)39-35(41)33(25-13-5-3-6-14-25)44-29-17-11-16-28(23-29)38-34(40)27-21-20-24-12-9-10-15-26(24)22-27/h3,5-6,9-17,20-23,33H,2,4,7-8,18-19H2,1H3,(H,38,40)(H,39,41). The average molecular weight is 635 g/mol. The molecule has 1 aliphatic carbocycles. The van der Waals surface area contributed by atoms with Crippen molar-refractivity contribution in [2.45, 2.75) is 49.2 Å². The fourth-order valence-corrected chi connectivity index (χ4v) is 8.01. The van der Waals surface area contributed by atoms with E-state index in [9.17, 15) is 14.4 Å². The van der Waals surface area contributed by atoms with E-state index in [1.807, 2.05) is 97.1 Å². The minimum Gasteiger partial charge on any atom is -0.462 e. The lowest BCUT2D eigenvalue weighted by molar-refractivity contribution is -0.115. The third kappa shape index (κ3) is 7.13. The van der Waals surface area contributed by atoms with E-state index < -0.39 is 5.25 Å². The summed E-state index contributed by atoms with van der Waals surface area (Å²) in [6, 6.07) is 30.7. The van der Waals surface area contributed by atoms with Crippen LogP contribution in [0.2, 0.25) is 0 Å². The van der Waals surface area contributed by atoms with Crippen LogP contribution in [0.4, 0.5) is 10.7 Å². The highest BCUT2D eigenvalue weighted by molar-refractivity contribution is 8.00. The van der Waals surface area contributed by atoms with E-state index in [0.717, 1.165) is 63.8 Å². The van der Waals surface area contributed by atoms with Gasteiger partial charge in [0.1, 0.15) is 10.3 Å². The monoisotopic (exact) mass is 634 g/mol. The van der Waals surface area contributed by atoms with Crippen LogP contribution in [-0.4, -0.2) is 24.4 Å². The fourth-order valence-electron chi connectivity index (χ4n) is 5.65. The lowest BCUT2D eigenvalue weighted by Crippen LogP contribution is -2.20. The van der Waals surface area contributed by atoms with Crippen LogP contribution >= 0.6 is 23.1 Å². The van der Waals surface area contributed by atoms with Gasteiger partial charge in [-0.05, 0) is 84.8 Å². The normalized spacial score (nSPS) is 13.4. The lowest BCUT2D eigenvalue weighted by Gasteiger charge is -2.18. The Morgan fingerprint density at radius 1 is 0.822 bits per heavy atom. The Hall–Kier alpha value is -4.40. The van der Waals surface area contributed by atoms with Gasteiger partial charge in [0, 0.05) is 21.0 Å². The molecule has 0 aliphatic heterocycles. The van der Waals surface area contributed by atoms with Crippen LogP contribution < -0.4 is 10.6 Å². The Balaban J connectivity index is 1.25. The minimum atomic E-state index is -0.602. The maximum absolute atomic E-state index is 14.0. The molecule has 1 aliphatic rings. The molecule has 2 N–H and O–H groups in total. The molecular formula is C37H34N2O4S2. The molecule has 8 heteroatoms. The number of carbonyl (C=O) groups excluding carboxylic acids is 3. The highest BCUT2D eigenvalue weighted by Crippen LogP contribution is 2.41. The summed E-state index contributed by atoms with van der Waals surface area (Å²) in [7, 11) is 0. The highest BCUT2D eigenvalue weighted by atomic mass is 32.2. The summed E-state index contributed by atoms with van der Waals surface area (Å²) >= 11 is 2.89. The molecule has 1 atom stereocenters. The molecule has 4 aromatic carbocycles. The Labute approximate surface area is 271 Å². The van der Waals surface area contributed by atoms with Gasteiger partial charge in [0.15, 0.2) is 0 Å². The van der Waals surface area contributed by atoms with E-state index in [0.29, 0.717) is 21.8 Å². The predicted octanol–water partition coefficient (Wildman–Crippen LogP) is 9.07. The molecule has 0 bridgehead atoms. The highest BCUT2D eigenvalue weighted by Gasteiger charge is 2.29. The number of nitrogens with one attached hydrogen (secondary N) is 2. The number of hydrogen-bond donors (Lipinski definition) is 2. The van der Waals surface area contributed by atoms with Gasteiger partial charge in [-0.15, -0.1) is 23.1 Å². The molecule has 6 rings (SSSR count). The zero-order valence-corrected chi connectivity index (χ0v) is 26.6. The number of aryl methyl sites for hydroxylation is 1. The topological polar surface area (TPSA) is 84.5 Å².